The zero-order valence-electron chi connectivity index (χ0n) is 17.6. The van der Waals surface area contributed by atoms with E-state index in [0.717, 1.165) is 29.9 Å². The van der Waals surface area contributed by atoms with Crippen molar-refractivity contribution in [1.29, 1.82) is 0 Å². The highest BCUT2D eigenvalue weighted by Crippen LogP contribution is 2.33. The monoisotopic (exact) mass is 438 g/mol. The molecule has 0 aliphatic carbocycles. The van der Waals surface area contributed by atoms with E-state index in [9.17, 15) is 4.79 Å². The van der Waals surface area contributed by atoms with E-state index in [4.69, 9.17) is 21.1 Å². The number of amides is 1. The van der Waals surface area contributed by atoms with Gasteiger partial charge in [0.05, 0.1) is 23.9 Å². The second kappa shape index (κ2) is 8.91. The molecule has 0 saturated carbocycles. The first-order valence-electron chi connectivity index (χ1n) is 9.87. The Morgan fingerprint density at radius 2 is 2.00 bits per heavy atom. The van der Waals surface area contributed by atoms with Gasteiger partial charge in [-0.25, -0.2) is 4.98 Å². The van der Waals surface area contributed by atoms with Gasteiger partial charge in [-0.2, -0.15) is 0 Å². The molecule has 0 atom stereocenters. The topological polar surface area (TPSA) is 76.6 Å². The van der Waals surface area contributed by atoms with Crippen molar-refractivity contribution in [3.8, 4) is 28.6 Å². The second-order valence-electron chi connectivity index (χ2n) is 7.56. The van der Waals surface area contributed by atoms with Crippen LogP contribution in [0, 0.1) is 6.92 Å². The molecule has 8 heteroatoms. The number of rotatable bonds is 6. The lowest BCUT2D eigenvalue weighted by Crippen LogP contribution is -2.57. The molecule has 1 aromatic carbocycles. The Morgan fingerprint density at radius 3 is 2.71 bits per heavy atom. The highest BCUT2D eigenvalue weighted by atomic mass is 35.5. The molecule has 31 heavy (non-hydrogen) atoms. The third-order valence-corrected chi connectivity index (χ3v) is 5.31. The Morgan fingerprint density at radius 1 is 1.19 bits per heavy atom. The predicted molar refractivity (Wildman–Crippen MR) is 119 cm³/mol. The van der Waals surface area contributed by atoms with E-state index in [1.165, 1.54) is 13.3 Å². The minimum absolute atomic E-state index is 0.0484. The standard InChI is InChI=1S/C23H23ClN4O3/c1-14-8-15(4-5-19(14)22(29)27-17-12-28(2)13-17)20-10-18(6-7-25-20)31-21-9-16(24)11-26-23(21)30-3/h4-11,17H,12-13H2,1-3H3,(H,27,29). The van der Waals surface area contributed by atoms with E-state index in [-0.39, 0.29) is 11.9 Å². The fraction of sp³-hybridized carbons (Fsp3) is 0.261. The van der Waals surface area contributed by atoms with E-state index in [1.54, 1.807) is 18.3 Å². The first-order chi connectivity index (χ1) is 14.9. The van der Waals surface area contributed by atoms with Crippen LogP contribution >= 0.6 is 11.6 Å². The number of aryl methyl sites for hydroxylation is 1. The van der Waals surface area contributed by atoms with Gasteiger partial charge in [-0.3, -0.25) is 9.78 Å². The normalized spacial score (nSPS) is 14.1. The summed E-state index contributed by atoms with van der Waals surface area (Å²) < 4.78 is 11.2. The number of nitrogens with one attached hydrogen (secondary N) is 1. The maximum absolute atomic E-state index is 12.6. The summed E-state index contributed by atoms with van der Waals surface area (Å²) in [4.78, 5) is 23.3. The molecule has 0 radical (unpaired) electrons. The number of likely N-dealkylation sites (N-methyl/N-ethyl adjacent to an activating group) is 1. The Bertz CT molecular complexity index is 1120. The first-order valence-corrected chi connectivity index (χ1v) is 10.2. The van der Waals surface area contributed by atoms with Gasteiger partial charge in [0.1, 0.15) is 5.75 Å². The van der Waals surface area contributed by atoms with Gasteiger partial charge in [-0.05, 0) is 37.7 Å². The summed E-state index contributed by atoms with van der Waals surface area (Å²) in [5.41, 5.74) is 3.16. The van der Waals surface area contributed by atoms with Gasteiger partial charge in [0, 0.05) is 48.7 Å². The summed E-state index contributed by atoms with van der Waals surface area (Å²) in [5, 5.41) is 3.52. The Balaban J connectivity index is 1.53. The zero-order chi connectivity index (χ0) is 22.0. The molecule has 1 amide bonds. The molecule has 3 aromatic rings. The summed E-state index contributed by atoms with van der Waals surface area (Å²) in [6.45, 7) is 3.69. The molecule has 3 heterocycles. The van der Waals surface area contributed by atoms with Crippen LogP contribution in [0.4, 0.5) is 0 Å². The highest BCUT2D eigenvalue weighted by molar-refractivity contribution is 6.30. The zero-order valence-corrected chi connectivity index (χ0v) is 18.3. The van der Waals surface area contributed by atoms with Crippen molar-refractivity contribution in [3.05, 3.63) is 64.9 Å². The third-order valence-electron chi connectivity index (χ3n) is 5.10. The number of benzene rings is 1. The summed E-state index contributed by atoms with van der Waals surface area (Å²) in [5.74, 6) is 1.28. The molecule has 2 aromatic heterocycles. The number of pyridine rings is 2. The van der Waals surface area contributed by atoms with Crippen molar-refractivity contribution in [2.75, 3.05) is 27.2 Å². The lowest BCUT2D eigenvalue weighted by atomic mass is 10.0. The Kier molecular flexibility index (Phi) is 6.06. The molecule has 1 aliphatic heterocycles. The molecule has 1 aliphatic rings. The van der Waals surface area contributed by atoms with Crippen LogP contribution in [-0.4, -0.2) is 54.1 Å². The van der Waals surface area contributed by atoms with E-state index in [0.29, 0.717) is 28.0 Å². The van der Waals surface area contributed by atoms with E-state index < -0.39 is 0 Å². The number of aromatic nitrogens is 2. The lowest BCUT2D eigenvalue weighted by molar-refractivity contribution is 0.0857. The predicted octanol–water partition coefficient (Wildman–Crippen LogP) is 3.95. The van der Waals surface area contributed by atoms with Crippen LogP contribution in [-0.2, 0) is 0 Å². The van der Waals surface area contributed by atoms with Crippen LogP contribution in [0.2, 0.25) is 5.02 Å². The van der Waals surface area contributed by atoms with Crippen molar-refractivity contribution in [3.63, 3.8) is 0 Å². The minimum atomic E-state index is -0.0484. The molecule has 1 fully saturated rings. The van der Waals surface area contributed by atoms with Crippen LogP contribution in [0.5, 0.6) is 17.4 Å². The molecule has 7 nitrogen and oxygen atoms in total. The number of likely N-dealkylation sites (tertiary alicyclic amines) is 1. The number of halogens is 1. The fourth-order valence-electron chi connectivity index (χ4n) is 3.53. The lowest BCUT2D eigenvalue weighted by Gasteiger charge is -2.36. The summed E-state index contributed by atoms with van der Waals surface area (Å²) >= 11 is 6.03. The van der Waals surface area contributed by atoms with Crippen LogP contribution in [0.3, 0.4) is 0 Å². The van der Waals surface area contributed by atoms with Crippen molar-refractivity contribution in [1.82, 2.24) is 20.2 Å². The smallest absolute Gasteiger partial charge is 0.257 e. The number of methoxy groups -OCH3 is 1. The first kappa shape index (κ1) is 21.1. The molecule has 1 saturated heterocycles. The quantitative estimate of drug-likeness (QED) is 0.628. The molecular weight excluding hydrogens is 416 g/mol. The highest BCUT2D eigenvalue weighted by Gasteiger charge is 2.25. The van der Waals surface area contributed by atoms with Crippen LogP contribution in [0.25, 0.3) is 11.3 Å². The van der Waals surface area contributed by atoms with Gasteiger partial charge in [0.15, 0.2) is 5.75 Å². The maximum atomic E-state index is 12.6. The molecule has 4 rings (SSSR count). The average molecular weight is 439 g/mol. The molecule has 160 valence electrons. The SMILES string of the molecule is COc1ncc(Cl)cc1Oc1ccnc(-c2ccc(C(=O)NC3CN(C)C3)c(C)c2)c1. The number of hydrogen-bond acceptors (Lipinski definition) is 6. The van der Waals surface area contributed by atoms with Gasteiger partial charge in [-0.1, -0.05) is 17.7 Å². The minimum Gasteiger partial charge on any atom is -0.478 e. The number of hydrogen-bond donors (Lipinski definition) is 1. The van der Waals surface area contributed by atoms with Gasteiger partial charge in [-0.15, -0.1) is 0 Å². The van der Waals surface area contributed by atoms with Crippen molar-refractivity contribution in [2.45, 2.75) is 13.0 Å². The van der Waals surface area contributed by atoms with Crippen molar-refractivity contribution >= 4 is 17.5 Å². The summed E-state index contributed by atoms with van der Waals surface area (Å²) in [6.07, 6.45) is 3.16. The largest absolute Gasteiger partial charge is 0.478 e. The number of ether oxygens (including phenoxy) is 2. The Hall–Kier alpha value is -3.16. The third kappa shape index (κ3) is 4.78. The van der Waals surface area contributed by atoms with E-state index >= 15 is 0 Å². The van der Waals surface area contributed by atoms with Gasteiger partial charge in [0.2, 0.25) is 0 Å². The number of carbonyl (C=O) groups excluding carboxylic acids is 1. The average Bonchev–Trinajstić information content (AvgIpc) is 2.73. The van der Waals surface area contributed by atoms with Gasteiger partial charge < -0.3 is 19.7 Å². The number of carbonyl (C=O) groups is 1. The number of nitrogens with zero attached hydrogens (tertiary/aromatic N) is 3. The summed E-state index contributed by atoms with van der Waals surface area (Å²) in [6, 6.07) is 11.1. The molecular formula is C23H23ClN4O3. The summed E-state index contributed by atoms with van der Waals surface area (Å²) in [7, 11) is 3.55. The molecule has 1 N–H and O–H groups in total. The van der Waals surface area contributed by atoms with E-state index in [2.05, 4.69) is 20.2 Å². The van der Waals surface area contributed by atoms with Gasteiger partial charge in [0.25, 0.3) is 11.8 Å². The maximum Gasteiger partial charge on any atom is 0.257 e. The van der Waals surface area contributed by atoms with Gasteiger partial charge >= 0.3 is 0 Å². The fourth-order valence-corrected chi connectivity index (χ4v) is 3.67. The van der Waals surface area contributed by atoms with Crippen LogP contribution < -0.4 is 14.8 Å². The van der Waals surface area contributed by atoms with Crippen LogP contribution in [0.1, 0.15) is 15.9 Å². The Labute approximate surface area is 186 Å². The molecule has 0 unspecified atom stereocenters. The van der Waals surface area contributed by atoms with E-state index in [1.807, 2.05) is 38.2 Å². The van der Waals surface area contributed by atoms with Crippen molar-refractivity contribution < 1.29 is 14.3 Å². The second-order valence-corrected chi connectivity index (χ2v) is 8.00. The van der Waals surface area contributed by atoms with Crippen LogP contribution in [0.15, 0.2) is 48.8 Å². The molecule has 0 spiro atoms. The molecule has 0 bridgehead atoms. The van der Waals surface area contributed by atoms with Crippen molar-refractivity contribution in [2.24, 2.45) is 0 Å².